The number of aromatic nitrogens is 2. The smallest absolute Gasteiger partial charge is 0.227 e. The number of nitrogens with zero attached hydrogens (tertiary/aromatic N) is 2. The first kappa shape index (κ1) is 12.1. The van der Waals surface area contributed by atoms with Gasteiger partial charge >= 0.3 is 0 Å². The van der Waals surface area contributed by atoms with Crippen LogP contribution in [0.2, 0.25) is 0 Å². The highest BCUT2D eigenvalue weighted by Crippen LogP contribution is 2.26. The summed E-state index contributed by atoms with van der Waals surface area (Å²) in [5.41, 5.74) is 2.88. The minimum atomic E-state index is 0.000631. The topological polar surface area (TPSA) is 67.3 Å². The van der Waals surface area contributed by atoms with E-state index in [-0.39, 0.29) is 6.61 Å². The van der Waals surface area contributed by atoms with Gasteiger partial charge in [0.15, 0.2) is 0 Å². The lowest BCUT2D eigenvalue weighted by atomic mass is 10.1. The van der Waals surface area contributed by atoms with Crippen LogP contribution >= 0.6 is 0 Å². The van der Waals surface area contributed by atoms with Crippen molar-refractivity contribution in [2.24, 2.45) is 0 Å². The molecule has 1 aliphatic rings. The van der Waals surface area contributed by atoms with Gasteiger partial charge in [-0.15, -0.1) is 0 Å². The number of aliphatic hydroxyl groups excluding tert-OH is 1. The average Bonchev–Trinajstić information content (AvgIpc) is 2.48. The fourth-order valence-electron chi connectivity index (χ4n) is 2.15. The normalized spacial score (nSPS) is 13.9. The van der Waals surface area contributed by atoms with Crippen molar-refractivity contribution in [3.63, 3.8) is 0 Å². The second kappa shape index (κ2) is 5.34. The van der Waals surface area contributed by atoms with Gasteiger partial charge in [0.05, 0.1) is 17.9 Å². The van der Waals surface area contributed by atoms with Crippen LogP contribution in [0, 0.1) is 0 Å². The highest BCUT2D eigenvalue weighted by atomic mass is 16.5. The summed E-state index contributed by atoms with van der Waals surface area (Å²) in [6, 6.07) is 7.37. The Labute approximate surface area is 111 Å². The standard InChI is InChI=1S/C14H15N3O2/c18-8-10-2-1-3-11(6-10)19-14-12-7-15-5-4-13(12)16-9-17-14/h1-3,6,9,15,18H,4-5,7-8H2. The maximum absolute atomic E-state index is 9.13. The Bertz CT molecular complexity index is 587. The zero-order chi connectivity index (χ0) is 13.1. The molecule has 1 aromatic heterocycles. The fraction of sp³-hybridized carbons (Fsp3) is 0.286. The van der Waals surface area contributed by atoms with Crippen molar-refractivity contribution in [2.45, 2.75) is 19.6 Å². The summed E-state index contributed by atoms with van der Waals surface area (Å²) in [6.07, 6.45) is 2.43. The lowest BCUT2D eigenvalue weighted by Crippen LogP contribution is -2.25. The summed E-state index contributed by atoms with van der Waals surface area (Å²) in [4.78, 5) is 8.49. The summed E-state index contributed by atoms with van der Waals surface area (Å²) >= 11 is 0. The zero-order valence-electron chi connectivity index (χ0n) is 10.5. The van der Waals surface area contributed by atoms with Crippen molar-refractivity contribution in [3.8, 4) is 11.6 Å². The van der Waals surface area contributed by atoms with Crippen molar-refractivity contribution < 1.29 is 9.84 Å². The predicted octanol–water partition coefficient (Wildman–Crippen LogP) is 1.41. The third-order valence-electron chi connectivity index (χ3n) is 3.13. The second-order valence-corrected chi connectivity index (χ2v) is 4.44. The summed E-state index contributed by atoms with van der Waals surface area (Å²) in [5.74, 6) is 1.27. The number of nitrogens with one attached hydrogen (secondary N) is 1. The van der Waals surface area contributed by atoms with E-state index in [2.05, 4.69) is 15.3 Å². The van der Waals surface area contributed by atoms with Gasteiger partial charge in [-0.05, 0) is 17.7 Å². The third kappa shape index (κ3) is 2.57. The van der Waals surface area contributed by atoms with E-state index in [1.54, 1.807) is 0 Å². The van der Waals surface area contributed by atoms with Crippen LogP contribution in [-0.4, -0.2) is 21.6 Å². The molecule has 1 aliphatic heterocycles. The van der Waals surface area contributed by atoms with E-state index >= 15 is 0 Å². The maximum atomic E-state index is 9.13. The van der Waals surface area contributed by atoms with E-state index in [1.165, 1.54) is 6.33 Å². The average molecular weight is 257 g/mol. The number of fused-ring (bicyclic) bond motifs is 1. The Balaban J connectivity index is 1.90. The molecule has 0 saturated carbocycles. The number of hydrogen-bond donors (Lipinski definition) is 2. The molecule has 0 saturated heterocycles. The first-order chi connectivity index (χ1) is 9.36. The summed E-state index contributed by atoms with van der Waals surface area (Å²) in [5, 5.41) is 12.4. The first-order valence-electron chi connectivity index (χ1n) is 6.28. The molecule has 0 atom stereocenters. The lowest BCUT2D eigenvalue weighted by molar-refractivity contribution is 0.281. The molecule has 0 fully saturated rings. The molecule has 0 unspecified atom stereocenters. The maximum Gasteiger partial charge on any atom is 0.227 e. The molecule has 2 N–H and O–H groups in total. The van der Waals surface area contributed by atoms with E-state index in [0.717, 1.165) is 36.3 Å². The molecule has 0 amide bonds. The number of rotatable bonds is 3. The van der Waals surface area contributed by atoms with Crippen molar-refractivity contribution >= 4 is 0 Å². The monoisotopic (exact) mass is 257 g/mol. The molecular formula is C14H15N3O2. The van der Waals surface area contributed by atoms with Gasteiger partial charge in [-0.3, -0.25) is 0 Å². The molecule has 0 bridgehead atoms. The molecular weight excluding hydrogens is 242 g/mol. The lowest BCUT2D eigenvalue weighted by Gasteiger charge is -2.18. The van der Waals surface area contributed by atoms with Gasteiger partial charge in [-0.2, -0.15) is 0 Å². The highest BCUT2D eigenvalue weighted by molar-refractivity contribution is 5.37. The van der Waals surface area contributed by atoms with Crippen LogP contribution in [0.25, 0.3) is 0 Å². The van der Waals surface area contributed by atoms with E-state index in [4.69, 9.17) is 9.84 Å². The number of hydrogen-bond acceptors (Lipinski definition) is 5. The van der Waals surface area contributed by atoms with Crippen molar-refractivity contribution in [3.05, 3.63) is 47.4 Å². The highest BCUT2D eigenvalue weighted by Gasteiger charge is 2.16. The van der Waals surface area contributed by atoms with Crippen LogP contribution in [0.4, 0.5) is 0 Å². The van der Waals surface area contributed by atoms with Gasteiger partial charge in [0.2, 0.25) is 5.88 Å². The number of ether oxygens (including phenoxy) is 1. The van der Waals surface area contributed by atoms with Gasteiger partial charge < -0.3 is 15.2 Å². The Hall–Kier alpha value is -1.98. The van der Waals surface area contributed by atoms with Crippen molar-refractivity contribution in [1.82, 2.24) is 15.3 Å². The summed E-state index contributed by atoms with van der Waals surface area (Å²) < 4.78 is 5.82. The van der Waals surface area contributed by atoms with Crippen molar-refractivity contribution in [2.75, 3.05) is 6.54 Å². The Morgan fingerprint density at radius 3 is 3.16 bits per heavy atom. The molecule has 5 nitrogen and oxygen atoms in total. The molecule has 5 heteroatoms. The summed E-state index contributed by atoms with van der Waals surface area (Å²) in [7, 11) is 0. The van der Waals surface area contributed by atoms with E-state index in [0.29, 0.717) is 11.6 Å². The van der Waals surface area contributed by atoms with Gasteiger partial charge in [-0.25, -0.2) is 9.97 Å². The SMILES string of the molecule is OCc1cccc(Oc2ncnc3c2CNCC3)c1. The van der Waals surface area contributed by atoms with E-state index in [1.807, 2.05) is 24.3 Å². The molecule has 0 radical (unpaired) electrons. The minimum absolute atomic E-state index is 0.000631. The molecule has 0 spiro atoms. The third-order valence-corrected chi connectivity index (χ3v) is 3.13. The minimum Gasteiger partial charge on any atom is -0.439 e. The van der Waals surface area contributed by atoms with Crippen LogP contribution < -0.4 is 10.1 Å². The first-order valence-corrected chi connectivity index (χ1v) is 6.28. The van der Waals surface area contributed by atoms with Crippen LogP contribution in [0.1, 0.15) is 16.8 Å². The van der Waals surface area contributed by atoms with Crippen molar-refractivity contribution in [1.29, 1.82) is 0 Å². The number of aliphatic hydroxyl groups is 1. The second-order valence-electron chi connectivity index (χ2n) is 4.44. The molecule has 0 aliphatic carbocycles. The van der Waals surface area contributed by atoms with Crippen LogP contribution in [-0.2, 0) is 19.6 Å². The zero-order valence-corrected chi connectivity index (χ0v) is 10.5. The molecule has 98 valence electrons. The van der Waals surface area contributed by atoms with Gasteiger partial charge in [0.25, 0.3) is 0 Å². The predicted molar refractivity (Wildman–Crippen MR) is 69.9 cm³/mol. The van der Waals surface area contributed by atoms with Crippen LogP contribution in [0.3, 0.4) is 0 Å². The molecule has 19 heavy (non-hydrogen) atoms. The molecule has 3 rings (SSSR count). The Morgan fingerprint density at radius 1 is 1.32 bits per heavy atom. The molecule has 1 aromatic carbocycles. The van der Waals surface area contributed by atoms with E-state index in [9.17, 15) is 0 Å². The number of benzene rings is 1. The van der Waals surface area contributed by atoms with Gasteiger partial charge in [-0.1, -0.05) is 12.1 Å². The van der Waals surface area contributed by atoms with Crippen LogP contribution in [0.15, 0.2) is 30.6 Å². The largest absolute Gasteiger partial charge is 0.439 e. The quantitative estimate of drug-likeness (QED) is 0.870. The molecule has 2 aromatic rings. The fourth-order valence-corrected chi connectivity index (χ4v) is 2.15. The van der Waals surface area contributed by atoms with Gasteiger partial charge in [0.1, 0.15) is 12.1 Å². The Morgan fingerprint density at radius 2 is 2.26 bits per heavy atom. The summed E-state index contributed by atoms with van der Waals surface area (Å²) in [6.45, 7) is 1.66. The van der Waals surface area contributed by atoms with E-state index < -0.39 is 0 Å². The Kier molecular flexibility index (Phi) is 3.39. The van der Waals surface area contributed by atoms with Crippen LogP contribution in [0.5, 0.6) is 11.6 Å². The molecule has 2 heterocycles. The van der Waals surface area contributed by atoms with Gasteiger partial charge in [0, 0.05) is 19.5 Å².